The highest BCUT2D eigenvalue weighted by Gasteiger charge is 2.56. The summed E-state index contributed by atoms with van der Waals surface area (Å²) < 4.78 is 0. The molecule has 5 nitrogen and oxygen atoms in total. The number of Topliss-reactive ketones (excluding diaryl/α,β-unsaturated/α-hetero) is 1. The molecule has 2 aromatic carbocycles. The van der Waals surface area contributed by atoms with Gasteiger partial charge in [-0.1, -0.05) is 58.5 Å². The standard InChI is InChI=1S/C25H20Cl4N2O3/c1-14(32)31-13-18(9-16-3-5-20(27)22(29)11-16)23(33)17(12-30-24(34)25(31)6-7-25)8-15-2-4-19(26)21(28)10-15/h2-5,8-11H,6-7,12-13H2,1H3,(H,30,34)/b17-8+,18-9+. The molecule has 2 aromatic rings. The van der Waals surface area contributed by atoms with Gasteiger partial charge in [0.25, 0.3) is 0 Å². The van der Waals surface area contributed by atoms with Crippen LogP contribution in [0, 0.1) is 0 Å². The predicted octanol–water partition coefficient (Wildman–Crippen LogP) is 5.85. The summed E-state index contributed by atoms with van der Waals surface area (Å²) in [7, 11) is 0. The summed E-state index contributed by atoms with van der Waals surface area (Å²) in [6, 6.07) is 10.0. The van der Waals surface area contributed by atoms with Gasteiger partial charge in [0.1, 0.15) is 5.54 Å². The maximum atomic E-state index is 13.7. The van der Waals surface area contributed by atoms with Crippen molar-refractivity contribution in [2.45, 2.75) is 25.3 Å². The van der Waals surface area contributed by atoms with E-state index in [0.717, 1.165) is 0 Å². The summed E-state index contributed by atoms with van der Waals surface area (Å²) in [5, 5.41) is 4.32. The van der Waals surface area contributed by atoms with Crippen molar-refractivity contribution in [1.82, 2.24) is 10.2 Å². The first kappa shape index (κ1) is 24.8. The molecule has 0 atom stereocenters. The fourth-order valence-electron chi connectivity index (χ4n) is 4.01. The predicted molar refractivity (Wildman–Crippen MR) is 136 cm³/mol. The van der Waals surface area contributed by atoms with Gasteiger partial charge in [-0.2, -0.15) is 0 Å². The van der Waals surface area contributed by atoms with E-state index < -0.39 is 5.54 Å². The Morgan fingerprint density at radius 3 is 1.88 bits per heavy atom. The first-order valence-electron chi connectivity index (χ1n) is 10.5. The Hall–Kier alpha value is -2.31. The van der Waals surface area contributed by atoms with Crippen molar-refractivity contribution in [3.63, 3.8) is 0 Å². The molecule has 34 heavy (non-hydrogen) atoms. The second-order valence-corrected chi connectivity index (χ2v) is 9.96. The summed E-state index contributed by atoms with van der Waals surface area (Å²) >= 11 is 24.4. The average molecular weight is 538 g/mol. The van der Waals surface area contributed by atoms with Gasteiger partial charge in [0.2, 0.25) is 11.8 Å². The first-order valence-corrected chi connectivity index (χ1v) is 12.0. The Balaban J connectivity index is 1.83. The number of halogens is 4. The Morgan fingerprint density at radius 2 is 1.41 bits per heavy atom. The molecule has 0 bridgehead atoms. The summed E-state index contributed by atoms with van der Waals surface area (Å²) in [5.74, 6) is -0.856. The van der Waals surface area contributed by atoms with Gasteiger partial charge in [0.15, 0.2) is 5.78 Å². The third-order valence-corrected chi connectivity index (χ3v) is 7.44. The van der Waals surface area contributed by atoms with E-state index in [1.54, 1.807) is 48.6 Å². The zero-order valence-corrected chi connectivity index (χ0v) is 21.2. The molecule has 2 amide bonds. The topological polar surface area (TPSA) is 66.5 Å². The first-order chi connectivity index (χ1) is 16.1. The summed E-state index contributed by atoms with van der Waals surface area (Å²) in [5.41, 5.74) is 1.06. The van der Waals surface area contributed by atoms with E-state index in [0.29, 0.717) is 55.2 Å². The van der Waals surface area contributed by atoms with Crippen molar-refractivity contribution in [2.75, 3.05) is 13.1 Å². The van der Waals surface area contributed by atoms with Gasteiger partial charge < -0.3 is 10.2 Å². The number of nitrogens with one attached hydrogen (secondary N) is 1. The highest BCUT2D eigenvalue weighted by molar-refractivity contribution is 6.42. The van der Waals surface area contributed by atoms with E-state index in [4.69, 9.17) is 46.4 Å². The van der Waals surface area contributed by atoms with Gasteiger partial charge in [0, 0.05) is 24.6 Å². The summed E-state index contributed by atoms with van der Waals surface area (Å²) in [4.78, 5) is 40.8. The van der Waals surface area contributed by atoms with Gasteiger partial charge in [-0.3, -0.25) is 14.4 Å². The minimum absolute atomic E-state index is 0.00409. The highest BCUT2D eigenvalue weighted by Crippen LogP contribution is 2.43. The molecule has 1 spiro atoms. The molecule has 1 aliphatic carbocycles. The molecule has 176 valence electrons. The van der Waals surface area contributed by atoms with Crippen molar-refractivity contribution in [2.24, 2.45) is 0 Å². The molecule has 4 rings (SSSR count). The zero-order chi connectivity index (χ0) is 24.6. The Bertz CT molecular complexity index is 1260. The van der Waals surface area contributed by atoms with Crippen LogP contribution in [0.25, 0.3) is 12.2 Å². The van der Waals surface area contributed by atoms with Crippen molar-refractivity contribution in [1.29, 1.82) is 0 Å². The van der Waals surface area contributed by atoms with Crippen molar-refractivity contribution in [3.8, 4) is 0 Å². The number of ketones is 1. The molecule has 1 aliphatic heterocycles. The van der Waals surface area contributed by atoms with Crippen LogP contribution in [0.2, 0.25) is 20.1 Å². The van der Waals surface area contributed by atoms with E-state index >= 15 is 0 Å². The largest absolute Gasteiger partial charge is 0.350 e. The monoisotopic (exact) mass is 536 g/mol. The third kappa shape index (κ3) is 5.03. The number of carbonyl (C=O) groups is 3. The highest BCUT2D eigenvalue weighted by atomic mass is 35.5. The summed E-state index contributed by atoms with van der Waals surface area (Å²) in [6.45, 7) is 1.39. The lowest BCUT2D eigenvalue weighted by molar-refractivity contribution is -0.140. The fraction of sp³-hybridized carbons (Fsp3) is 0.240. The number of carbonyl (C=O) groups excluding carboxylic acids is 3. The Labute approximate surface area is 217 Å². The smallest absolute Gasteiger partial charge is 0.246 e. The van der Waals surface area contributed by atoms with Gasteiger partial charge in [0.05, 0.1) is 26.6 Å². The van der Waals surface area contributed by atoms with E-state index in [1.165, 1.54) is 11.8 Å². The lowest BCUT2D eigenvalue weighted by Crippen LogP contribution is -2.51. The van der Waals surface area contributed by atoms with Crippen LogP contribution in [0.1, 0.15) is 30.9 Å². The van der Waals surface area contributed by atoms with Crippen LogP contribution in [0.5, 0.6) is 0 Å². The second-order valence-electron chi connectivity index (χ2n) is 8.33. The SMILES string of the molecule is CC(=O)N1C/C(=C\c2ccc(Cl)c(Cl)c2)C(=O)/C(=C/c2ccc(Cl)c(Cl)c2)CNC(=O)C12CC2. The minimum Gasteiger partial charge on any atom is -0.350 e. The molecular weight excluding hydrogens is 518 g/mol. The normalized spacial score (nSPS) is 20.2. The molecule has 0 unspecified atom stereocenters. The lowest BCUT2D eigenvalue weighted by Gasteiger charge is -2.29. The minimum atomic E-state index is -0.943. The lowest BCUT2D eigenvalue weighted by atomic mass is 9.98. The molecule has 1 N–H and O–H groups in total. The molecular formula is C25H20Cl4N2O3. The van der Waals surface area contributed by atoms with Crippen LogP contribution in [-0.4, -0.2) is 41.1 Å². The van der Waals surface area contributed by atoms with Crippen LogP contribution >= 0.6 is 46.4 Å². The van der Waals surface area contributed by atoms with Gasteiger partial charge in [-0.05, 0) is 60.4 Å². The fourth-order valence-corrected chi connectivity index (χ4v) is 4.62. The number of hydrogen-bond donors (Lipinski definition) is 1. The maximum Gasteiger partial charge on any atom is 0.246 e. The van der Waals surface area contributed by atoms with E-state index in [9.17, 15) is 14.4 Å². The number of rotatable bonds is 2. The average Bonchev–Trinajstić information content (AvgIpc) is 3.58. The molecule has 0 aromatic heterocycles. The molecule has 2 aliphatic rings. The quantitative estimate of drug-likeness (QED) is 0.489. The molecule has 0 radical (unpaired) electrons. The van der Waals surface area contributed by atoms with Crippen molar-refractivity contribution >= 4 is 76.2 Å². The number of hydrogen-bond acceptors (Lipinski definition) is 3. The zero-order valence-electron chi connectivity index (χ0n) is 18.1. The molecule has 1 saturated heterocycles. The van der Waals surface area contributed by atoms with Crippen LogP contribution in [0.15, 0.2) is 47.5 Å². The van der Waals surface area contributed by atoms with Gasteiger partial charge in [-0.15, -0.1) is 0 Å². The van der Waals surface area contributed by atoms with E-state index in [2.05, 4.69) is 5.32 Å². The van der Waals surface area contributed by atoms with Crippen molar-refractivity contribution in [3.05, 3.63) is 78.8 Å². The van der Waals surface area contributed by atoms with E-state index in [-0.39, 0.29) is 30.7 Å². The summed E-state index contributed by atoms with van der Waals surface area (Å²) in [6.07, 6.45) is 4.42. The van der Waals surface area contributed by atoms with E-state index in [1.807, 2.05) is 0 Å². The van der Waals surface area contributed by atoms with Crippen molar-refractivity contribution < 1.29 is 14.4 Å². The van der Waals surface area contributed by atoms with Crippen LogP contribution in [-0.2, 0) is 14.4 Å². The van der Waals surface area contributed by atoms with Gasteiger partial charge >= 0.3 is 0 Å². The second kappa shape index (κ2) is 9.74. The van der Waals surface area contributed by atoms with Crippen LogP contribution < -0.4 is 5.32 Å². The molecule has 1 saturated carbocycles. The van der Waals surface area contributed by atoms with Crippen LogP contribution in [0.3, 0.4) is 0 Å². The Morgan fingerprint density at radius 1 is 0.882 bits per heavy atom. The molecule has 1 heterocycles. The molecule has 9 heteroatoms. The Kier molecular flexibility index (Phi) is 7.11. The van der Waals surface area contributed by atoms with Crippen LogP contribution in [0.4, 0.5) is 0 Å². The maximum absolute atomic E-state index is 13.7. The number of benzene rings is 2. The molecule has 2 fully saturated rings. The third-order valence-electron chi connectivity index (χ3n) is 5.96. The number of amides is 2. The van der Waals surface area contributed by atoms with Gasteiger partial charge in [-0.25, -0.2) is 0 Å². The number of nitrogens with zero attached hydrogens (tertiary/aromatic N) is 1.